The maximum Gasteiger partial charge on any atom is 0.246 e. The molecule has 5 nitrogen and oxygen atoms in total. The SMILES string of the molecule is COCC(=O)NCc1ccccc1CN1CCN(C)CC1. The van der Waals surface area contributed by atoms with Gasteiger partial charge in [0.25, 0.3) is 0 Å². The van der Waals surface area contributed by atoms with Gasteiger partial charge < -0.3 is 15.0 Å². The Morgan fingerprint density at radius 3 is 2.52 bits per heavy atom. The lowest BCUT2D eigenvalue weighted by Crippen LogP contribution is -2.44. The number of nitrogens with one attached hydrogen (secondary N) is 1. The molecule has 0 bridgehead atoms. The van der Waals surface area contributed by atoms with Crippen molar-refractivity contribution < 1.29 is 9.53 Å². The minimum Gasteiger partial charge on any atom is -0.375 e. The van der Waals surface area contributed by atoms with Crippen molar-refractivity contribution in [2.75, 3.05) is 46.9 Å². The normalized spacial score (nSPS) is 16.9. The summed E-state index contributed by atoms with van der Waals surface area (Å²) in [5, 5.41) is 2.89. The highest BCUT2D eigenvalue weighted by atomic mass is 16.5. The summed E-state index contributed by atoms with van der Waals surface area (Å²) < 4.78 is 4.83. The van der Waals surface area contributed by atoms with Crippen molar-refractivity contribution in [1.29, 1.82) is 0 Å². The molecule has 1 aliphatic heterocycles. The number of rotatable bonds is 6. The van der Waals surface area contributed by atoms with Crippen molar-refractivity contribution in [3.05, 3.63) is 35.4 Å². The fraction of sp³-hybridized carbons (Fsp3) is 0.562. The first kappa shape index (κ1) is 15.9. The zero-order valence-electron chi connectivity index (χ0n) is 13.0. The zero-order valence-corrected chi connectivity index (χ0v) is 13.0. The molecular formula is C16H25N3O2. The van der Waals surface area contributed by atoms with E-state index < -0.39 is 0 Å². The van der Waals surface area contributed by atoms with Crippen molar-refractivity contribution >= 4 is 5.91 Å². The zero-order chi connectivity index (χ0) is 15.1. The number of ether oxygens (including phenoxy) is 1. The Labute approximate surface area is 126 Å². The van der Waals surface area contributed by atoms with E-state index in [2.05, 4.69) is 40.4 Å². The molecule has 1 aromatic rings. The molecule has 0 aliphatic carbocycles. The number of benzene rings is 1. The number of hydrogen-bond acceptors (Lipinski definition) is 4. The third-order valence-corrected chi connectivity index (χ3v) is 3.86. The van der Waals surface area contributed by atoms with Gasteiger partial charge in [-0.15, -0.1) is 0 Å². The first-order valence-corrected chi connectivity index (χ1v) is 7.42. The molecule has 21 heavy (non-hydrogen) atoms. The van der Waals surface area contributed by atoms with Crippen LogP contribution in [-0.2, 0) is 22.6 Å². The average Bonchev–Trinajstić information content (AvgIpc) is 2.49. The number of carbonyl (C=O) groups excluding carboxylic acids is 1. The largest absolute Gasteiger partial charge is 0.375 e. The molecule has 1 fully saturated rings. The minimum absolute atomic E-state index is 0.0769. The van der Waals surface area contributed by atoms with Gasteiger partial charge in [-0.05, 0) is 18.2 Å². The molecule has 116 valence electrons. The van der Waals surface area contributed by atoms with Gasteiger partial charge in [0.15, 0.2) is 0 Å². The Hall–Kier alpha value is -1.43. The van der Waals surface area contributed by atoms with Gasteiger partial charge in [0.1, 0.15) is 6.61 Å². The first-order chi connectivity index (χ1) is 10.2. The molecule has 1 N–H and O–H groups in total. The third kappa shape index (κ3) is 5.12. The molecule has 0 atom stereocenters. The monoisotopic (exact) mass is 291 g/mol. The quantitative estimate of drug-likeness (QED) is 0.838. The molecule has 1 aromatic carbocycles. The lowest BCUT2D eigenvalue weighted by atomic mass is 10.1. The van der Waals surface area contributed by atoms with Crippen molar-refractivity contribution in [3.8, 4) is 0 Å². The average molecular weight is 291 g/mol. The second-order valence-electron chi connectivity index (χ2n) is 5.56. The first-order valence-electron chi connectivity index (χ1n) is 7.42. The van der Waals surface area contributed by atoms with E-state index in [0.717, 1.165) is 32.7 Å². The van der Waals surface area contributed by atoms with Crippen molar-refractivity contribution in [2.24, 2.45) is 0 Å². The summed E-state index contributed by atoms with van der Waals surface area (Å²) in [7, 11) is 3.69. The third-order valence-electron chi connectivity index (χ3n) is 3.86. The fourth-order valence-electron chi connectivity index (χ4n) is 2.51. The van der Waals surface area contributed by atoms with E-state index >= 15 is 0 Å². The van der Waals surface area contributed by atoms with Gasteiger partial charge in [0.2, 0.25) is 5.91 Å². The van der Waals surface area contributed by atoms with Crippen LogP contribution >= 0.6 is 0 Å². The maximum atomic E-state index is 11.5. The standard InChI is InChI=1S/C16H25N3O2/c1-18-7-9-19(10-8-18)12-15-6-4-3-5-14(15)11-17-16(20)13-21-2/h3-6H,7-13H2,1-2H3,(H,17,20). The van der Waals surface area contributed by atoms with Crippen LogP contribution in [0.2, 0.25) is 0 Å². The highest BCUT2D eigenvalue weighted by Gasteiger charge is 2.15. The summed E-state index contributed by atoms with van der Waals surface area (Å²) in [4.78, 5) is 16.3. The molecule has 0 aromatic heterocycles. The van der Waals surface area contributed by atoms with Crippen LogP contribution in [0.3, 0.4) is 0 Å². The Morgan fingerprint density at radius 1 is 1.19 bits per heavy atom. The van der Waals surface area contributed by atoms with Crippen LogP contribution in [0.15, 0.2) is 24.3 Å². The molecular weight excluding hydrogens is 266 g/mol. The number of carbonyl (C=O) groups is 1. The van der Waals surface area contributed by atoms with Crippen LogP contribution in [0.5, 0.6) is 0 Å². The van der Waals surface area contributed by atoms with Gasteiger partial charge in [-0.2, -0.15) is 0 Å². The van der Waals surface area contributed by atoms with Crippen LogP contribution in [0, 0.1) is 0 Å². The molecule has 1 heterocycles. The predicted molar refractivity (Wildman–Crippen MR) is 82.9 cm³/mol. The van der Waals surface area contributed by atoms with Crippen LogP contribution in [0.4, 0.5) is 0 Å². The van der Waals surface area contributed by atoms with Crippen molar-refractivity contribution in [2.45, 2.75) is 13.1 Å². The van der Waals surface area contributed by atoms with E-state index in [4.69, 9.17) is 4.74 Å². The van der Waals surface area contributed by atoms with Gasteiger partial charge in [0, 0.05) is 46.4 Å². The summed E-state index contributed by atoms with van der Waals surface area (Å²) in [5.41, 5.74) is 2.47. The second kappa shape index (κ2) is 8.12. The van der Waals surface area contributed by atoms with E-state index in [9.17, 15) is 4.79 Å². The lowest BCUT2D eigenvalue weighted by molar-refractivity contribution is -0.124. The molecule has 2 rings (SSSR count). The van der Waals surface area contributed by atoms with Gasteiger partial charge in [0.05, 0.1) is 0 Å². The molecule has 0 spiro atoms. The number of amides is 1. The van der Waals surface area contributed by atoms with E-state index in [0.29, 0.717) is 6.54 Å². The second-order valence-corrected chi connectivity index (χ2v) is 5.56. The lowest BCUT2D eigenvalue weighted by Gasteiger charge is -2.32. The molecule has 0 unspecified atom stereocenters. The molecule has 0 radical (unpaired) electrons. The van der Waals surface area contributed by atoms with Crippen LogP contribution in [0.25, 0.3) is 0 Å². The van der Waals surface area contributed by atoms with Gasteiger partial charge in [-0.1, -0.05) is 24.3 Å². The van der Waals surface area contributed by atoms with E-state index in [1.54, 1.807) is 0 Å². The van der Waals surface area contributed by atoms with E-state index in [-0.39, 0.29) is 12.5 Å². The molecule has 1 aliphatic rings. The predicted octanol–water partition coefficient (Wildman–Crippen LogP) is 0.697. The summed E-state index contributed by atoms with van der Waals surface area (Å²) >= 11 is 0. The van der Waals surface area contributed by atoms with Crippen molar-refractivity contribution in [3.63, 3.8) is 0 Å². The molecule has 5 heteroatoms. The topological polar surface area (TPSA) is 44.8 Å². The number of piperazine rings is 1. The van der Waals surface area contributed by atoms with Crippen LogP contribution in [-0.4, -0.2) is 62.7 Å². The fourth-order valence-corrected chi connectivity index (χ4v) is 2.51. The Morgan fingerprint density at radius 2 is 1.86 bits per heavy atom. The van der Waals surface area contributed by atoms with E-state index in [1.165, 1.54) is 18.2 Å². The maximum absolute atomic E-state index is 11.5. The van der Waals surface area contributed by atoms with Gasteiger partial charge >= 0.3 is 0 Å². The van der Waals surface area contributed by atoms with Gasteiger partial charge in [-0.25, -0.2) is 0 Å². The smallest absolute Gasteiger partial charge is 0.246 e. The number of methoxy groups -OCH3 is 1. The van der Waals surface area contributed by atoms with Crippen molar-refractivity contribution in [1.82, 2.24) is 15.1 Å². The van der Waals surface area contributed by atoms with Crippen LogP contribution < -0.4 is 5.32 Å². The highest BCUT2D eigenvalue weighted by molar-refractivity contribution is 5.77. The summed E-state index contributed by atoms with van der Waals surface area (Å²) in [6, 6.07) is 8.31. The number of likely N-dealkylation sites (N-methyl/N-ethyl adjacent to an activating group) is 1. The Bertz CT molecular complexity index is 457. The van der Waals surface area contributed by atoms with Gasteiger partial charge in [-0.3, -0.25) is 9.69 Å². The van der Waals surface area contributed by atoms with E-state index in [1.807, 2.05) is 6.07 Å². The molecule has 1 saturated heterocycles. The molecule has 0 saturated carbocycles. The highest BCUT2D eigenvalue weighted by Crippen LogP contribution is 2.13. The Kier molecular flexibility index (Phi) is 6.17. The number of hydrogen-bond donors (Lipinski definition) is 1. The van der Waals surface area contributed by atoms with Crippen LogP contribution in [0.1, 0.15) is 11.1 Å². The summed E-state index contributed by atoms with van der Waals surface area (Å²) in [6.07, 6.45) is 0. The summed E-state index contributed by atoms with van der Waals surface area (Å²) in [6.45, 7) is 6.05. The minimum atomic E-state index is -0.0769. The molecule has 1 amide bonds. The summed E-state index contributed by atoms with van der Waals surface area (Å²) in [5.74, 6) is -0.0769. The number of nitrogens with zero attached hydrogens (tertiary/aromatic N) is 2. The Balaban J connectivity index is 1.92.